The monoisotopic (exact) mass is 500 g/mol. The third-order valence-corrected chi connectivity index (χ3v) is 7.75. The molecule has 35 heavy (non-hydrogen) atoms. The highest BCUT2D eigenvalue weighted by atomic mass is 35.5. The summed E-state index contributed by atoms with van der Waals surface area (Å²) in [6.07, 6.45) is 2.49. The number of hydrogen-bond donors (Lipinski definition) is 2. The Kier molecular flexibility index (Phi) is 7.65. The average Bonchev–Trinajstić information content (AvgIpc) is 2.83. The van der Waals surface area contributed by atoms with Crippen molar-refractivity contribution in [2.24, 2.45) is 5.92 Å². The Morgan fingerprint density at radius 1 is 1.20 bits per heavy atom. The van der Waals surface area contributed by atoms with Gasteiger partial charge in [0.25, 0.3) is 0 Å². The zero-order chi connectivity index (χ0) is 25.3. The second-order valence-electron chi connectivity index (χ2n) is 10.2. The minimum atomic E-state index is -0.717. The van der Waals surface area contributed by atoms with E-state index < -0.39 is 5.60 Å². The molecule has 2 aliphatic rings. The van der Waals surface area contributed by atoms with Crippen LogP contribution in [-0.4, -0.2) is 47.4 Å². The number of rotatable bonds is 7. The lowest BCUT2D eigenvalue weighted by Crippen LogP contribution is -2.58. The van der Waals surface area contributed by atoms with Gasteiger partial charge in [-0.3, -0.25) is 10.1 Å². The van der Waals surface area contributed by atoms with Crippen LogP contribution >= 0.6 is 11.6 Å². The third-order valence-electron chi connectivity index (χ3n) is 7.50. The molecule has 1 fully saturated rings. The number of piperidine rings is 1. The zero-order valence-electron chi connectivity index (χ0n) is 21.3. The standard InChI is InChI=1S/C28H37ClN2O4/c1-6-28(4,33)20-9-12-25(30-16-20)31-26(32)14-19-13-23(34-5)24(35-17(2)3)15-22(19)27(31)18-7-10-21(29)11-8-18/h7-8,10-11,13,15,17,20,25,27,30,33H,6,9,12,14,16H2,1-5H3. The first-order valence-electron chi connectivity index (χ1n) is 12.5. The lowest BCUT2D eigenvalue weighted by Gasteiger charge is -2.47. The van der Waals surface area contributed by atoms with Crippen LogP contribution in [0.5, 0.6) is 11.5 Å². The summed E-state index contributed by atoms with van der Waals surface area (Å²) in [4.78, 5) is 15.6. The van der Waals surface area contributed by atoms with Crippen molar-refractivity contribution in [1.29, 1.82) is 0 Å². The van der Waals surface area contributed by atoms with Crippen molar-refractivity contribution in [2.75, 3.05) is 13.7 Å². The second kappa shape index (κ2) is 10.4. The van der Waals surface area contributed by atoms with Crippen LogP contribution in [0.2, 0.25) is 5.02 Å². The predicted octanol–water partition coefficient (Wildman–Crippen LogP) is 5.10. The number of carbonyl (C=O) groups is 1. The summed E-state index contributed by atoms with van der Waals surface area (Å²) in [6, 6.07) is 11.4. The van der Waals surface area contributed by atoms with E-state index in [0.717, 1.165) is 29.5 Å². The van der Waals surface area contributed by atoms with Crippen molar-refractivity contribution < 1.29 is 19.4 Å². The number of methoxy groups -OCH3 is 1. The van der Waals surface area contributed by atoms with Crippen molar-refractivity contribution >= 4 is 17.5 Å². The normalized spacial score (nSPS) is 24.2. The quantitative estimate of drug-likeness (QED) is 0.553. The van der Waals surface area contributed by atoms with Crippen LogP contribution in [0.1, 0.15) is 69.7 Å². The summed E-state index contributed by atoms with van der Waals surface area (Å²) in [6.45, 7) is 8.55. The number of aliphatic hydroxyl groups is 1. The fraction of sp³-hybridized carbons (Fsp3) is 0.536. The Hall–Kier alpha value is -2.28. The molecule has 0 saturated carbocycles. The van der Waals surface area contributed by atoms with Crippen molar-refractivity contribution in [2.45, 2.75) is 77.3 Å². The molecule has 1 amide bonds. The third kappa shape index (κ3) is 5.30. The summed E-state index contributed by atoms with van der Waals surface area (Å²) in [7, 11) is 1.62. The van der Waals surface area contributed by atoms with Gasteiger partial charge in [0.15, 0.2) is 11.5 Å². The molecule has 0 aliphatic carbocycles. The molecule has 2 aromatic carbocycles. The summed E-state index contributed by atoms with van der Waals surface area (Å²) in [5, 5.41) is 15.0. The molecule has 0 radical (unpaired) electrons. The van der Waals surface area contributed by atoms with Gasteiger partial charge in [0.05, 0.1) is 37.4 Å². The largest absolute Gasteiger partial charge is 0.493 e. The number of carbonyl (C=O) groups excluding carboxylic acids is 1. The molecule has 4 atom stereocenters. The maximum absolute atomic E-state index is 13.6. The van der Waals surface area contributed by atoms with Crippen LogP contribution in [-0.2, 0) is 11.2 Å². The fourth-order valence-corrected chi connectivity index (χ4v) is 5.44. The van der Waals surface area contributed by atoms with E-state index in [0.29, 0.717) is 35.9 Å². The molecule has 2 aliphatic heterocycles. The number of amides is 1. The van der Waals surface area contributed by atoms with E-state index in [1.807, 2.05) is 69.0 Å². The van der Waals surface area contributed by atoms with Crippen LogP contribution in [0.4, 0.5) is 0 Å². The topological polar surface area (TPSA) is 71.0 Å². The van der Waals surface area contributed by atoms with Crippen LogP contribution in [0.3, 0.4) is 0 Å². The van der Waals surface area contributed by atoms with Crippen molar-refractivity contribution in [3.63, 3.8) is 0 Å². The molecule has 1 saturated heterocycles. The van der Waals surface area contributed by atoms with E-state index >= 15 is 0 Å². The molecule has 4 unspecified atom stereocenters. The first-order valence-corrected chi connectivity index (χ1v) is 12.9. The van der Waals surface area contributed by atoms with Crippen LogP contribution in [0, 0.1) is 5.92 Å². The van der Waals surface area contributed by atoms with E-state index in [9.17, 15) is 9.90 Å². The molecule has 0 spiro atoms. The number of benzene rings is 2. The molecule has 7 heteroatoms. The van der Waals surface area contributed by atoms with Gasteiger partial charge in [-0.1, -0.05) is 30.7 Å². The molecule has 2 aromatic rings. The maximum Gasteiger partial charge on any atom is 0.229 e. The second-order valence-corrected chi connectivity index (χ2v) is 10.6. The van der Waals surface area contributed by atoms with E-state index in [-0.39, 0.29) is 30.1 Å². The number of fused-ring (bicyclic) bond motifs is 1. The Morgan fingerprint density at radius 3 is 2.49 bits per heavy atom. The van der Waals surface area contributed by atoms with Gasteiger partial charge in [0, 0.05) is 17.5 Å². The van der Waals surface area contributed by atoms with Gasteiger partial charge in [0.2, 0.25) is 5.91 Å². The molecule has 4 rings (SSSR count). The van der Waals surface area contributed by atoms with Crippen molar-refractivity contribution in [3.05, 3.63) is 58.1 Å². The molecule has 0 bridgehead atoms. The van der Waals surface area contributed by atoms with Crippen LogP contribution in [0.25, 0.3) is 0 Å². The highest BCUT2D eigenvalue weighted by molar-refractivity contribution is 6.30. The maximum atomic E-state index is 13.6. The Balaban J connectivity index is 1.75. The summed E-state index contributed by atoms with van der Waals surface area (Å²) in [5.74, 6) is 1.52. The predicted molar refractivity (Wildman–Crippen MR) is 138 cm³/mol. The van der Waals surface area contributed by atoms with E-state index in [1.54, 1.807) is 7.11 Å². The molecule has 6 nitrogen and oxygen atoms in total. The molecule has 0 aromatic heterocycles. The zero-order valence-corrected chi connectivity index (χ0v) is 22.1. The molecular formula is C28H37ClN2O4. The molecule has 2 heterocycles. The summed E-state index contributed by atoms with van der Waals surface area (Å²) in [5.41, 5.74) is 2.26. The van der Waals surface area contributed by atoms with E-state index in [1.165, 1.54) is 0 Å². The molecular weight excluding hydrogens is 464 g/mol. The van der Waals surface area contributed by atoms with Gasteiger partial charge in [-0.05, 0) is 81.0 Å². The van der Waals surface area contributed by atoms with E-state index in [2.05, 4.69) is 5.32 Å². The highest BCUT2D eigenvalue weighted by Gasteiger charge is 2.42. The van der Waals surface area contributed by atoms with Crippen LogP contribution < -0.4 is 14.8 Å². The number of nitrogens with zero attached hydrogens (tertiary/aromatic N) is 1. The highest BCUT2D eigenvalue weighted by Crippen LogP contribution is 2.43. The van der Waals surface area contributed by atoms with Crippen LogP contribution in [0.15, 0.2) is 36.4 Å². The molecule has 190 valence electrons. The number of halogens is 1. The minimum absolute atomic E-state index is 0.0134. The Labute approximate surface area is 213 Å². The van der Waals surface area contributed by atoms with Gasteiger partial charge >= 0.3 is 0 Å². The first-order chi connectivity index (χ1) is 16.6. The average molecular weight is 501 g/mol. The lowest BCUT2D eigenvalue weighted by molar-refractivity contribution is -0.138. The number of ether oxygens (including phenoxy) is 2. The smallest absolute Gasteiger partial charge is 0.229 e. The van der Waals surface area contributed by atoms with Gasteiger partial charge < -0.3 is 19.5 Å². The van der Waals surface area contributed by atoms with Gasteiger partial charge in [-0.25, -0.2) is 0 Å². The summed E-state index contributed by atoms with van der Waals surface area (Å²) >= 11 is 6.21. The Morgan fingerprint density at radius 2 is 1.91 bits per heavy atom. The molecule has 2 N–H and O–H groups in total. The fourth-order valence-electron chi connectivity index (χ4n) is 5.32. The van der Waals surface area contributed by atoms with Crippen molar-refractivity contribution in [3.8, 4) is 11.5 Å². The lowest BCUT2D eigenvalue weighted by atomic mass is 9.80. The Bertz CT molecular complexity index is 1050. The number of nitrogens with one attached hydrogen (secondary N) is 1. The van der Waals surface area contributed by atoms with Gasteiger partial charge in [0.1, 0.15) is 0 Å². The SMILES string of the molecule is CCC(C)(O)C1CCC(N2C(=O)Cc3cc(OC)c(OC(C)C)cc3C2c2ccc(Cl)cc2)NC1. The minimum Gasteiger partial charge on any atom is -0.493 e. The summed E-state index contributed by atoms with van der Waals surface area (Å²) < 4.78 is 11.7. The first kappa shape index (κ1) is 25.8. The van der Waals surface area contributed by atoms with Gasteiger partial charge in [-0.2, -0.15) is 0 Å². The van der Waals surface area contributed by atoms with Gasteiger partial charge in [-0.15, -0.1) is 0 Å². The van der Waals surface area contributed by atoms with E-state index in [4.69, 9.17) is 21.1 Å². The van der Waals surface area contributed by atoms with Crippen molar-refractivity contribution in [1.82, 2.24) is 10.2 Å². The number of hydrogen-bond acceptors (Lipinski definition) is 5.